The van der Waals surface area contributed by atoms with Crippen LogP contribution in [0.2, 0.25) is 0 Å². The SMILES string of the molecule is CC(=O)C=C(C)O.CC(=O)C=C(C)O.Cc1ccc2c(n1)oc1c(-c3cc4sc(-c5c(C)cc(C(C)(C)C)cc5C)cc4cn3)[c-]ccc12.Cc1ccc2c(n1)oc1c(-c3cc4sc(-c5cc(C(C)(C)C)cc(C(C)(C)C)c5)cc4cn3)[c-]ccc12.[Ir].[Ir]. The average molecular weight is 1560 g/mol. The summed E-state index contributed by atoms with van der Waals surface area (Å²) in [5.74, 6) is -0.125. The van der Waals surface area contributed by atoms with E-state index in [0.29, 0.717) is 11.4 Å². The van der Waals surface area contributed by atoms with Crippen LogP contribution < -0.4 is 0 Å². The number of allylic oxidation sites excluding steroid dienone is 4. The van der Waals surface area contributed by atoms with Gasteiger partial charge in [0, 0.05) is 117 Å². The molecule has 0 unspecified atom stereocenters. The number of ketones is 2. The number of furan rings is 2. The molecule has 8 aromatic heterocycles. The molecule has 14 heteroatoms. The number of hydrogen-bond donors (Lipinski definition) is 2. The summed E-state index contributed by atoms with van der Waals surface area (Å²) >= 11 is 3.63. The fraction of sp³-hybridized carbons (Fsp3) is 0.270. The van der Waals surface area contributed by atoms with Crippen molar-refractivity contribution in [2.45, 2.75) is 134 Å². The summed E-state index contributed by atoms with van der Waals surface area (Å²) < 4.78 is 14.8. The van der Waals surface area contributed by atoms with Gasteiger partial charge in [-0.15, -0.1) is 59.1 Å². The molecule has 458 valence electrons. The van der Waals surface area contributed by atoms with E-state index in [0.717, 1.165) is 77.4 Å². The Kier molecular flexibility index (Phi) is 21.1. The Morgan fingerprint density at radius 1 is 0.500 bits per heavy atom. The van der Waals surface area contributed by atoms with Crippen LogP contribution in [0.25, 0.3) is 108 Å². The van der Waals surface area contributed by atoms with E-state index in [4.69, 9.17) is 29.0 Å². The minimum absolute atomic E-state index is 0. The first-order chi connectivity index (χ1) is 40.4. The summed E-state index contributed by atoms with van der Waals surface area (Å²) in [5.41, 5.74) is 17.9. The number of rotatable bonds is 6. The van der Waals surface area contributed by atoms with E-state index in [1.54, 1.807) is 0 Å². The quantitative estimate of drug-likeness (QED) is 0.0935. The van der Waals surface area contributed by atoms with Gasteiger partial charge in [-0.05, 0) is 170 Å². The van der Waals surface area contributed by atoms with E-state index in [9.17, 15) is 9.59 Å². The number of aliphatic hydroxyl groups is 2. The molecular weight excluding hydrogens is 1490 g/mol. The Morgan fingerprint density at radius 3 is 1.26 bits per heavy atom. The molecule has 0 saturated heterocycles. The van der Waals surface area contributed by atoms with Gasteiger partial charge in [0.05, 0.1) is 22.7 Å². The van der Waals surface area contributed by atoms with Gasteiger partial charge in [-0.1, -0.05) is 115 Å². The molecule has 12 rings (SSSR count). The third-order valence-electron chi connectivity index (χ3n) is 14.6. The summed E-state index contributed by atoms with van der Waals surface area (Å²) in [6.45, 7) is 34.6. The maximum absolute atomic E-state index is 10.0. The maximum Gasteiger partial charge on any atom is 0.216 e. The van der Waals surface area contributed by atoms with Gasteiger partial charge >= 0.3 is 0 Å². The Labute approximate surface area is 551 Å². The van der Waals surface area contributed by atoms with E-state index in [-0.39, 0.29) is 79.5 Å². The largest absolute Gasteiger partial charge is 0.512 e. The number of fused-ring (bicyclic) bond motifs is 8. The van der Waals surface area contributed by atoms with Gasteiger partial charge in [0.15, 0.2) is 11.6 Å². The standard InChI is InChI=1S/C33H31N2OS.C31H27N2OS.2C5H8O2.2Ir/c1-19-11-12-25-24-9-8-10-26(30(24)36-31(25)35-19)27-17-29-21(18-34-27)15-28(37-29)20-13-22(32(2,3)4)16-23(14-20)33(5,6)7;1-17-12-21(31(4,5)6)13-18(2)28(17)27-14-20-16-32-25(15-26(20)35-27)24-9-7-8-22-23-11-10-19(3)33-30(23)34-29(22)24;2*1-4(6)3-5(2)7;;/h8-9,11-18H,1-7H3;7-8,10-16H,1-6H3;2*3,6H,1-2H3;;/q2*-1;;;;. The average Bonchev–Trinajstić information content (AvgIpc) is 1.67. The molecule has 0 amide bonds. The first-order valence-corrected chi connectivity index (χ1v) is 30.3. The first-order valence-electron chi connectivity index (χ1n) is 28.7. The van der Waals surface area contributed by atoms with Gasteiger partial charge in [0.25, 0.3) is 0 Å². The van der Waals surface area contributed by atoms with Crippen LogP contribution in [0.3, 0.4) is 0 Å². The van der Waals surface area contributed by atoms with Crippen LogP contribution in [-0.4, -0.2) is 41.7 Å². The molecule has 2 radical (unpaired) electrons. The van der Waals surface area contributed by atoms with Crippen LogP contribution >= 0.6 is 22.7 Å². The van der Waals surface area contributed by atoms with Crippen molar-refractivity contribution in [1.82, 2.24) is 19.9 Å². The van der Waals surface area contributed by atoms with Crippen LogP contribution in [0.1, 0.15) is 129 Å². The molecule has 0 spiro atoms. The number of aromatic nitrogens is 4. The fourth-order valence-electron chi connectivity index (χ4n) is 10.2. The van der Waals surface area contributed by atoms with Gasteiger partial charge in [-0.2, -0.15) is 0 Å². The molecule has 0 saturated carbocycles. The zero-order valence-corrected chi connectivity index (χ0v) is 59.3. The summed E-state index contributed by atoms with van der Waals surface area (Å²) in [7, 11) is 0. The Bertz CT molecular complexity index is 4560. The topological polar surface area (TPSA) is 152 Å². The third kappa shape index (κ3) is 15.6. The van der Waals surface area contributed by atoms with E-state index in [1.807, 2.05) is 85.3 Å². The van der Waals surface area contributed by atoms with Crippen molar-refractivity contribution in [2.24, 2.45) is 0 Å². The molecule has 4 aromatic carbocycles. The van der Waals surface area contributed by atoms with Crippen molar-refractivity contribution in [2.75, 3.05) is 0 Å². The molecule has 8 heterocycles. The van der Waals surface area contributed by atoms with Crippen LogP contribution in [0, 0.1) is 39.8 Å². The number of thiophene rings is 2. The van der Waals surface area contributed by atoms with E-state index in [1.165, 1.54) is 97.9 Å². The van der Waals surface area contributed by atoms with Crippen molar-refractivity contribution in [3.63, 3.8) is 0 Å². The molecular formula is C74H74Ir2N4O6S2-2. The zero-order valence-electron chi connectivity index (χ0n) is 52.9. The van der Waals surface area contributed by atoms with Crippen LogP contribution in [0.4, 0.5) is 0 Å². The Morgan fingerprint density at radius 2 is 0.886 bits per heavy atom. The minimum atomic E-state index is -0.125. The molecule has 0 aliphatic heterocycles. The number of aliphatic hydroxyl groups excluding tert-OH is 2. The number of hydrogen-bond acceptors (Lipinski definition) is 12. The second-order valence-electron chi connectivity index (χ2n) is 25.3. The van der Waals surface area contributed by atoms with E-state index < -0.39 is 0 Å². The van der Waals surface area contributed by atoms with Gasteiger partial charge < -0.3 is 29.0 Å². The molecule has 0 atom stereocenters. The number of carbonyl (C=O) groups is 2. The Balaban J connectivity index is 0.000000203. The summed E-state index contributed by atoms with van der Waals surface area (Å²) in [5, 5.41) is 23.1. The number of nitrogens with zero attached hydrogens (tertiary/aromatic N) is 4. The van der Waals surface area contributed by atoms with Crippen LogP contribution in [0.15, 0.2) is 148 Å². The normalized spacial score (nSPS) is 12.1. The summed E-state index contributed by atoms with van der Waals surface area (Å²) in [6, 6.07) is 43.5. The molecule has 12 aromatic rings. The van der Waals surface area contributed by atoms with Crippen molar-refractivity contribution in [1.29, 1.82) is 0 Å². The smallest absolute Gasteiger partial charge is 0.216 e. The first kappa shape index (κ1) is 68.2. The third-order valence-corrected chi connectivity index (χ3v) is 16.9. The van der Waals surface area contributed by atoms with Crippen molar-refractivity contribution in [3.8, 4) is 43.4 Å². The predicted octanol–water partition coefficient (Wildman–Crippen LogP) is 20.6. The number of carbonyl (C=O) groups excluding carboxylic acids is 2. The summed E-state index contributed by atoms with van der Waals surface area (Å²) in [6.07, 6.45) is 6.28. The summed E-state index contributed by atoms with van der Waals surface area (Å²) in [4.78, 5) is 41.4. The van der Waals surface area contributed by atoms with Gasteiger partial charge in [0.2, 0.25) is 11.4 Å². The molecule has 88 heavy (non-hydrogen) atoms. The van der Waals surface area contributed by atoms with Crippen LogP contribution in [-0.2, 0) is 66.0 Å². The molecule has 2 N–H and O–H groups in total. The van der Waals surface area contributed by atoms with Crippen LogP contribution in [0.5, 0.6) is 0 Å². The van der Waals surface area contributed by atoms with Gasteiger partial charge in [-0.3, -0.25) is 9.59 Å². The number of benzene rings is 4. The molecule has 10 nitrogen and oxygen atoms in total. The van der Waals surface area contributed by atoms with Gasteiger partial charge in [-0.25, -0.2) is 9.97 Å². The molecule has 0 fully saturated rings. The van der Waals surface area contributed by atoms with Gasteiger partial charge in [0.1, 0.15) is 0 Å². The predicted molar refractivity (Wildman–Crippen MR) is 358 cm³/mol. The molecule has 0 aliphatic carbocycles. The monoisotopic (exact) mass is 1560 g/mol. The van der Waals surface area contributed by atoms with E-state index >= 15 is 0 Å². The maximum atomic E-state index is 10.0. The molecule has 0 bridgehead atoms. The van der Waals surface area contributed by atoms with Crippen molar-refractivity contribution < 1.29 is 68.8 Å². The second kappa shape index (κ2) is 27.2. The minimum Gasteiger partial charge on any atom is -0.512 e. The Hall–Kier alpha value is -7.28. The number of aryl methyl sites for hydroxylation is 4. The fourth-order valence-corrected chi connectivity index (χ4v) is 12.5. The second-order valence-corrected chi connectivity index (χ2v) is 27.4. The van der Waals surface area contributed by atoms with Crippen molar-refractivity contribution in [3.05, 3.63) is 191 Å². The van der Waals surface area contributed by atoms with E-state index in [2.05, 4.69) is 165 Å². The van der Waals surface area contributed by atoms with Crippen molar-refractivity contribution >= 4 is 98.6 Å². The molecule has 0 aliphatic rings. The number of pyridine rings is 4. The zero-order chi connectivity index (χ0) is 62.3.